The van der Waals surface area contributed by atoms with Crippen molar-refractivity contribution in [3.8, 4) is 5.75 Å². The number of benzene rings is 2. The van der Waals surface area contributed by atoms with Gasteiger partial charge in [-0.15, -0.1) is 0 Å². The minimum atomic E-state index is -0.486. The molecule has 0 aliphatic rings. The van der Waals surface area contributed by atoms with E-state index in [1.54, 1.807) is 36.4 Å². The molecule has 0 spiro atoms. The number of nitrogens with one attached hydrogen (secondary N) is 2. The van der Waals surface area contributed by atoms with E-state index in [-0.39, 0.29) is 0 Å². The van der Waals surface area contributed by atoms with Gasteiger partial charge in [-0.2, -0.15) is 0 Å². The van der Waals surface area contributed by atoms with E-state index in [4.69, 9.17) is 16.3 Å². The number of carbonyl (C=O) groups is 2. The quantitative estimate of drug-likeness (QED) is 0.497. The minimum Gasteiger partial charge on any atom is -0.495 e. The number of hydrazine groups is 1. The van der Waals surface area contributed by atoms with E-state index in [1.165, 1.54) is 13.2 Å². The molecule has 5 nitrogen and oxygen atoms in total. The number of hydrogen-bond acceptors (Lipinski definition) is 3. The van der Waals surface area contributed by atoms with Crippen molar-refractivity contribution in [2.75, 3.05) is 7.11 Å². The maximum absolute atomic E-state index is 11.9. The molecule has 2 rings (SSSR count). The highest BCUT2D eigenvalue weighted by Crippen LogP contribution is 2.33. The van der Waals surface area contributed by atoms with Crippen LogP contribution >= 0.6 is 43.5 Å². The molecule has 130 valence electrons. The average molecular weight is 489 g/mol. The van der Waals surface area contributed by atoms with Crippen LogP contribution in [-0.4, -0.2) is 18.9 Å². The van der Waals surface area contributed by atoms with Crippen LogP contribution in [-0.2, 0) is 4.79 Å². The number of amides is 2. The average Bonchev–Trinajstić information content (AvgIpc) is 2.58. The molecule has 2 aromatic carbocycles. The van der Waals surface area contributed by atoms with E-state index in [2.05, 4.69) is 42.7 Å². The molecule has 0 heterocycles. The van der Waals surface area contributed by atoms with Crippen molar-refractivity contribution in [1.29, 1.82) is 0 Å². The molecule has 0 atom stereocenters. The van der Waals surface area contributed by atoms with Crippen molar-refractivity contribution in [2.24, 2.45) is 0 Å². The van der Waals surface area contributed by atoms with Gasteiger partial charge in [0.15, 0.2) is 0 Å². The highest BCUT2D eigenvalue weighted by atomic mass is 79.9. The first-order valence-corrected chi connectivity index (χ1v) is 8.94. The van der Waals surface area contributed by atoms with Crippen molar-refractivity contribution >= 4 is 61.4 Å². The van der Waals surface area contributed by atoms with Gasteiger partial charge in [-0.1, -0.05) is 27.5 Å². The van der Waals surface area contributed by atoms with Gasteiger partial charge < -0.3 is 4.74 Å². The Bertz CT molecular complexity index is 823. The summed E-state index contributed by atoms with van der Waals surface area (Å²) in [4.78, 5) is 23.8. The Morgan fingerprint density at radius 1 is 1.12 bits per heavy atom. The normalized spacial score (nSPS) is 10.6. The minimum absolute atomic E-state index is 0.381. The van der Waals surface area contributed by atoms with E-state index >= 15 is 0 Å². The van der Waals surface area contributed by atoms with Crippen molar-refractivity contribution in [2.45, 2.75) is 0 Å². The summed E-state index contributed by atoms with van der Waals surface area (Å²) in [6, 6.07) is 9.94. The second-order valence-electron chi connectivity index (χ2n) is 4.79. The van der Waals surface area contributed by atoms with Crippen LogP contribution in [0.1, 0.15) is 15.9 Å². The zero-order valence-electron chi connectivity index (χ0n) is 13.0. The van der Waals surface area contributed by atoms with Crippen molar-refractivity contribution in [3.63, 3.8) is 0 Å². The number of halogens is 3. The Hall–Kier alpha value is -1.83. The summed E-state index contributed by atoms with van der Waals surface area (Å²) in [5.41, 5.74) is 5.71. The number of methoxy groups -OCH3 is 1. The van der Waals surface area contributed by atoms with Gasteiger partial charge in [0.1, 0.15) is 5.75 Å². The second-order valence-corrected chi connectivity index (χ2v) is 7.00. The molecule has 0 radical (unpaired) electrons. The van der Waals surface area contributed by atoms with Crippen LogP contribution < -0.4 is 15.6 Å². The van der Waals surface area contributed by atoms with E-state index in [0.717, 1.165) is 8.95 Å². The topological polar surface area (TPSA) is 67.4 Å². The smallest absolute Gasteiger partial charge is 0.269 e. The van der Waals surface area contributed by atoms with E-state index in [0.29, 0.717) is 21.9 Å². The maximum Gasteiger partial charge on any atom is 0.269 e. The van der Waals surface area contributed by atoms with Crippen LogP contribution in [0.15, 0.2) is 51.4 Å². The summed E-state index contributed by atoms with van der Waals surface area (Å²) >= 11 is 12.5. The summed E-state index contributed by atoms with van der Waals surface area (Å²) in [5, 5.41) is 0.526. The van der Waals surface area contributed by atoms with Gasteiger partial charge in [0.05, 0.1) is 11.6 Å². The zero-order valence-corrected chi connectivity index (χ0v) is 16.9. The highest BCUT2D eigenvalue weighted by molar-refractivity contribution is 9.11. The lowest BCUT2D eigenvalue weighted by Crippen LogP contribution is -2.40. The van der Waals surface area contributed by atoms with Crippen LogP contribution in [0.5, 0.6) is 5.75 Å². The van der Waals surface area contributed by atoms with Gasteiger partial charge in [0.2, 0.25) is 0 Å². The van der Waals surface area contributed by atoms with Gasteiger partial charge in [-0.05, 0) is 58.4 Å². The Labute approximate surface area is 166 Å². The number of hydrogen-bond donors (Lipinski definition) is 2. The molecule has 2 N–H and O–H groups in total. The molecule has 25 heavy (non-hydrogen) atoms. The van der Waals surface area contributed by atoms with Crippen molar-refractivity contribution < 1.29 is 14.3 Å². The van der Waals surface area contributed by atoms with Gasteiger partial charge in [-0.25, -0.2) is 0 Å². The van der Waals surface area contributed by atoms with E-state index in [9.17, 15) is 9.59 Å². The Morgan fingerprint density at radius 2 is 1.80 bits per heavy atom. The molecule has 0 aromatic heterocycles. The number of rotatable bonds is 4. The largest absolute Gasteiger partial charge is 0.495 e. The fourth-order valence-electron chi connectivity index (χ4n) is 1.92. The first-order valence-electron chi connectivity index (χ1n) is 6.97. The fraction of sp³-hybridized carbons (Fsp3) is 0.0588. The lowest BCUT2D eigenvalue weighted by Gasteiger charge is -2.08. The monoisotopic (exact) mass is 486 g/mol. The molecule has 2 amide bonds. The fourth-order valence-corrected chi connectivity index (χ4v) is 3.46. The maximum atomic E-state index is 11.9. The molecule has 0 saturated carbocycles. The molecule has 0 aliphatic carbocycles. The lowest BCUT2D eigenvalue weighted by atomic mass is 10.2. The van der Waals surface area contributed by atoms with Crippen LogP contribution in [0.3, 0.4) is 0 Å². The molecule has 2 aromatic rings. The van der Waals surface area contributed by atoms with Crippen LogP contribution in [0.25, 0.3) is 6.08 Å². The zero-order chi connectivity index (χ0) is 18.4. The Balaban J connectivity index is 1.99. The number of ether oxygens (including phenoxy) is 1. The number of carbonyl (C=O) groups excluding carboxylic acids is 2. The van der Waals surface area contributed by atoms with Gasteiger partial charge in [-0.3, -0.25) is 20.4 Å². The molecular weight excluding hydrogens is 475 g/mol. The van der Waals surface area contributed by atoms with Crippen LogP contribution in [0.2, 0.25) is 5.02 Å². The Kier molecular flexibility index (Phi) is 7.04. The van der Waals surface area contributed by atoms with Crippen molar-refractivity contribution in [3.05, 3.63) is 67.6 Å². The van der Waals surface area contributed by atoms with Crippen molar-refractivity contribution in [1.82, 2.24) is 10.9 Å². The standard InChI is InChI=1S/C17H13Br2ClN2O3/c1-25-16-11(8-12(18)9-14(16)19)4-7-15(23)21-22-17(24)10-2-5-13(20)6-3-10/h2-9H,1H3,(H,21,23)(H,22,24). The molecule has 0 unspecified atom stereocenters. The molecule has 0 aliphatic heterocycles. The summed E-state index contributed by atoms with van der Waals surface area (Å²) in [7, 11) is 1.54. The molecule has 0 bridgehead atoms. The van der Waals surface area contributed by atoms with Gasteiger partial charge >= 0.3 is 0 Å². The third-order valence-electron chi connectivity index (χ3n) is 3.06. The lowest BCUT2D eigenvalue weighted by molar-refractivity contribution is -0.117. The van der Waals surface area contributed by atoms with Crippen LogP contribution in [0.4, 0.5) is 0 Å². The molecule has 0 fully saturated rings. The summed E-state index contributed by atoms with van der Waals surface area (Å²) in [6.07, 6.45) is 2.87. The predicted molar refractivity (Wildman–Crippen MR) is 104 cm³/mol. The predicted octanol–water partition coefficient (Wildman–Crippen LogP) is 4.35. The second kappa shape index (κ2) is 9.03. The third-order valence-corrected chi connectivity index (χ3v) is 4.36. The van der Waals surface area contributed by atoms with Gasteiger partial charge in [0, 0.05) is 26.7 Å². The molecule has 0 saturated heterocycles. The molecular formula is C17H13Br2ClN2O3. The third kappa shape index (κ3) is 5.59. The van der Waals surface area contributed by atoms with E-state index < -0.39 is 11.8 Å². The summed E-state index contributed by atoms with van der Waals surface area (Å²) in [6.45, 7) is 0. The SMILES string of the molecule is COc1c(Br)cc(Br)cc1C=CC(=O)NNC(=O)c1ccc(Cl)cc1. The first kappa shape index (κ1) is 19.5. The Morgan fingerprint density at radius 3 is 2.44 bits per heavy atom. The molecule has 8 heteroatoms. The summed E-state index contributed by atoms with van der Waals surface area (Å²) in [5.74, 6) is -0.334. The summed E-state index contributed by atoms with van der Waals surface area (Å²) < 4.78 is 6.88. The van der Waals surface area contributed by atoms with Gasteiger partial charge in [0.25, 0.3) is 11.8 Å². The highest BCUT2D eigenvalue weighted by Gasteiger charge is 2.08. The van der Waals surface area contributed by atoms with E-state index in [1.807, 2.05) is 6.07 Å². The van der Waals surface area contributed by atoms with Crippen LogP contribution in [0, 0.1) is 0 Å². The first-order chi connectivity index (χ1) is 11.9.